The first kappa shape index (κ1) is 16.1. The zero-order valence-corrected chi connectivity index (χ0v) is 12.7. The maximum absolute atomic E-state index is 11.8. The molecule has 2 aromatic carbocycles. The number of hydrogen-bond donors (Lipinski definition) is 2. The zero-order valence-electron chi connectivity index (χ0n) is 11.2. The molecule has 0 aliphatic carbocycles. The Morgan fingerprint density at radius 1 is 1.00 bits per heavy atom. The third kappa shape index (κ3) is 4.35. The van der Waals surface area contributed by atoms with Crippen molar-refractivity contribution in [1.29, 1.82) is 0 Å². The Hall–Kier alpha value is -2.30. The standard InChI is InChI=1S/C16H11Cl2NO3/c17-11-6-4-10(5-7-11)14(20)9-15(21)16(22)19-13-3-1-2-12(18)8-13/h1-9,20H,(H,19,22). The van der Waals surface area contributed by atoms with Gasteiger partial charge in [-0.25, -0.2) is 0 Å². The average molecular weight is 336 g/mol. The lowest BCUT2D eigenvalue weighted by atomic mass is 10.1. The summed E-state index contributed by atoms with van der Waals surface area (Å²) in [6, 6.07) is 12.6. The number of anilines is 1. The van der Waals surface area contributed by atoms with Gasteiger partial charge in [0.2, 0.25) is 5.78 Å². The summed E-state index contributed by atoms with van der Waals surface area (Å²) in [5.74, 6) is -2.07. The number of hydrogen-bond acceptors (Lipinski definition) is 3. The van der Waals surface area contributed by atoms with E-state index in [0.717, 1.165) is 6.08 Å². The van der Waals surface area contributed by atoms with Gasteiger partial charge in [-0.1, -0.05) is 29.3 Å². The van der Waals surface area contributed by atoms with E-state index in [1.165, 1.54) is 18.2 Å². The largest absolute Gasteiger partial charge is 0.507 e. The number of ketones is 1. The highest BCUT2D eigenvalue weighted by Gasteiger charge is 2.13. The van der Waals surface area contributed by atoms with Gasteiger partial charge in [-0.2, -0.15) is 0 Å². The van der Waals surface area contributed by atoms with Crippen LogP contribution in [-0.2, 0) is 9.59 Å². The molecule has 0 aliphatic rings. The monoisotopic (exact) mass is 335 g/mol. The van der Waals surface area contributed by atoms with Crippen molar-refractivity contribution in [2.24, 2.45) is 0 Å². The Morgan fingerprint density at radius 2 is 1.68 bits per heavy atom. The molecule has 2 N–H and O–H groups in total. The minimum atomic E-state index is -0.882. The average Bonchev–Trinajstić information content (AvgIpc) is 2.47. The van der Waals surface area contributed by atoms with E-state index in [1.54, 1.807) is 30.3 Å². The molecule has 2 aromatic rings. The fraction of sp³-hybridized carbons (Fsp3) is 0. The highest BCUT2D eigenvalue weighted by atomic mass is 35.5. The van der Waals surface area contributed by atoms with Crippen molar-refractivity contribution >= 4 is 46.3 Å². The van der Waals surface area contributed by atoms with Crippen molar-refractivity contribution in [3.8, 4) is 0 Å². The third-order valence-corrected chi connectivity index (χ3v) is 3.20. The molecule has 4 nitrogen and oxygen atoms in total. The molecule has 2 rings (SSSR count). The van der Waals surface area contributed by atoms with E-state index in [0.29, 0.717) is 21.3 Å². The van der Waals surface area contributed by atoms with E-state index in [4.69, 9.17) is 23.2 Å². The van der Waals surface area contributed by atoms with Gasteiger partial charge >= 0.3 is 0 Å². The van der Waals surface area contributed by atoms with Gasteiger partial charge in [0.25, 0.3) is 5.91 Å². The molecule has 0 bridgehead atoms. The summed E-state index contributed by atoms with van der Waals surface area (Å²) >= 11 is 11.5. The van der Waals surface area contributed by atoms with Crippen molar-refractivity contribution < 1.29 is 14.7 Å². The fourth-order valence-corrected chi connectivity index (χ4v) is 1.97. The molecule has 1 amide bonds. The highest BCUT2D eigenvalue weighted by Crippen LogP contribution is 2.17. The molecule has 6 heteroatoms. The molecule has 0 aliphatic heterocycles. The summed E-state index contributed by atoms with van der Waals surface area (Å²) in [6.45, 7) is 0. The Bertz CT molecular complexity index is 739. The van der Waals surface area contributed by atoms with Crippen LogP contribution in [0.15, 0.2) is 54.6 Å². The van der Waals surface area contributed by atoms with Crippen LogP contribution >= 0.6 is 23.2 Å². The lowest BCUT2D eigenvalue weighted by Gasteiger charge is -2.04. The normalized spacial score (nSPS) is 11.1. The number of carbonyl (C=O) groups is 2. The third-order valence-electron chi connectivity index (χ3n) is 2.71. The Morgan fingerprint density at radius 3 is 2.32 bits per heavy atom. The van der Waals surface area contributed by atoms with Gasteiger partial charge in [0.1, 0.15) is 5.76 Å². The van der Waals surface area contributed by atoms with Crippen LogP contribution in [0.5, 0.6) is 0 Å². The maximum Gasteiger partial charge on any atom is 0.296 e. The van der Waals surface area contributed by atoms with Crippen LogP contribution in [0.3, 0.4) is 0 Å². The van der Waals surface area contributed by atoms with E-state index in [1.807, 2.05) is 0 Å². The van der Waals surface area contributed by atoms with Crippen molar-refractivity contribution in [3.63, 3.8) is 0 Å². The van der Waals surface area contributed by atoms with Crippen molar-refractivity contribution in [1.82, 2.24) is 0 Å². The number of rotatable bonds is 4. The number of benzene rings is 2. The van der Waals surface area contributed by atoms with E-state index < -0.39 is 11.7 Å². The zero-order chi connectivity index (χ0) is 16.1. The predicted octanol–water partition coefficient (Wildman–Crippen LogP) is 4.10. The minimum Gasteiger partial charge on any atom is -0.507 e. The molecular weight excluding hydrogens is 325 g/mol. The van der Waals surface area contributed by atoms with Crippen LogP contribution in [0, 0.1) is 0 Å². The summed E-state index contributed by atoms with van der Waals surface area (Å²) in [5.41, 5.74) is 0.776. The second-order valence-corrected chi connectivity index (χ2v) is 5.24. The molecule has 0 saturated carbocycles. The van der Waals surface area contributed by atoms with Gasteiger partial charge in [0.05, 0.1) is 0 Å². The summed E-state index contributed by atoms with van der Waals surface area (Å²) in [4.78, 5) is 23.5. The van der Waals surface area contributed by atoms with Gasteiger partial charge in [-0.3, -0.25) is 9.59 Å². The number of aliphatic hydroxyl groups is 1. The van der Waals surface area contributed by atoms with Crippen molar-refractivity contribution in [2.45, 2.75) is 0 Å². The van der Waals surface area contributed by atoms with Crippen LogP contribution in [0.25, 0.3) is 5.76 Å². The number of halogens is 2. The van der Waals surface area contributed by atoms with Crippen LogP contribution in [-0.4, -0.2) is 16.8 Å². The van der Waals surface area contributed by atoms with Crippen LogP contribution in [0.4, 0.5) is 5.69 Å². The Labute approximate surface area is 137 Å². The maximum atomic E-state index is 11.8. The second kappa shape index (κ2) is 7.11. The molecule has 0 atom stereocenters. The lowest BCUT2D eigenvalue weighted by molar-refractivity contribution is -0.131. The topological polar surface area (TPSA) is 66.4 Å². The van der Waals surface area contributed by atoms with E-state index >= 15 is 0 Å². The number of amides is 1. The second-order valence-electron chi connectivity index (χ2n) is 4.37. The molecule has 0 fully saturated rings. The van der Waals surface area contributed by atoms with Crippen molar-refractivity contribution in [2.75, 3.05) is 5.32 Å². The molecule has 0 heterocycles. The van der Waals surface area contributed by atoms with Crippen LogP contribution < -0.4 is 5.32 Å². The Kier molecular flexibility index (Phi) is 5.20. The molecule has 0 spiro atoms. The number of aliphatic hydroxyl groups excluding tert-OH is 1. The van der Waals surface area contributed by atoms with Crippen LogP contribution in [0.2, 0.25) is 10.0 Å². The van der Waals surface area contributed by atoms with E-state index in [2.05, 4.69) is 5.32 Å². The first-order valence-corrected chi connectivity index (χ1v) is 6.99. The van der Waals surface area contributed by atoms with Crippen LogP contribution in [0.1, 0.15) is 5.56 Å². The van der Waals surface area contributed by atoms with Gasteiger partial charge in [-0.15, -0.1) is 0 Å². The smallest absolute Gasteiger partial charge is 0.296 e. The summed E-state index contributed by atoms with van der Waals surface area (Å²) in [5, 5.41) is 13.2. The summed E-state index contributed by atoms with van der Waals surface area (Å²) in [7, 11) is 0. The lowest BCUT2D eigenvalue weighted by Crippen LogP contribution is -2.21. The Balaban J connectivity index is 2.08. The van der Waals surface area contributed by atoms with Gasteiger partial charge in [0.15, 0.2) is 0 Å². The summed E-state index contributed by atoms with van der Waals surface area (Å²) in [6.07, 6.45) is 0.850. The SMILES string of the molecule is O=C(C=C(O)c1ccc(Cl)cc1)C(=O)Nc1cccc(Cl)c1. The number of carbonyl (C=O) groups excluding carboxylic acids is 2. The van der Waals surface area contributed by atoms with Gasteiger partial charge in [-0.05, 0) is 42.5 Å². The first-order chi connectivity index (χ1) is 10.5. The van der Waals surface area contributed by atoms with Gasteiger partial charge < -0.3 is 10.4 Å². The van der Waals surface area contributed by atoms with Crippen molar-refractivity contribution in [3.05, 3.63) is 70.2 Å². The summed E-state index contributed by atoms with van der Waals surface area (Å²) < 4.78 is 0. The molecule has 0 radical (unpaired) electrons. The molecule has 22 heavy (non-hydrogen) atoms. The molecule has 0 saturated heterocycles. The van der Waals surface area contributed by atoms with E-state index in [9.17, 15) is 14.7 Å². The molecule has 0 aromatic heterocycles. The molecule has 0 unspecified atom stereocenters. The fourth-order valence-electron chi connectivity index (χ4n) is 1.65. The number of nitrogens with one attached hydrogen (secondary N) is 1. The van der Waals surface area contributed by atoms with Gasteiger partial charge in [0, 0.05) is 27.4 Å². The minimum absolute atomic E-state index is 0.317. The first-order valence-electron chi connectivity index (χ1n) is 6.23. The molecular formula is C16H11Cl2NO3. The highest BCUT2D eigenvalue weighted by molar-refractivity contribution is 6.45. The van der Waals surface area contributed by atoms with E-state index in [-0.39, 0.29) is 5.76 Å². The quantitative estimate of drug-likeness (QED) is 0.502. The molecule has 112 valence electrons. The predicted molar refractivity (Wildman–Crippen MR) is 87.1 cm³/mol.